The number of ether oxygens (including phenoxy) is 1. The Morgan fingerprint density at radius 3 is 2.28 bits per heavy atom. The summed E-state index contributed by atoms with van der Waals surface area (Å²) in [6.07, 6.45) is 14.7. The zero-order valence-corrected chi connectivity index (χ0v) is 30.9. The Hall–Kier alpha value is -1.69. The van der Waals surface area contributed by atoms with Gasteiger partial charge in [-0.2, -0.15) is 0 Å². The van der Waals surface area contributed by atoms with Gasteiger partial charge < -0.3 is 15.2 Å². The van der Waals surface area contributed by atoms with Gasteiger partial charge in [0.1, 0.15) is 6.10 Å². The molecule has 0 aromatic rings. The van der Waals surface area contributed by atoms with Crippen molar-refractivity contribution in [2.24, 2.45) is 62.6 Å². The van der Waals surface area contributed by atoms with E-state index in [2.05, 4.69) is 46.9 Å². The Morgan fingerprint density at radius 1 is 0.936 bits per heavy atom. The zero-order chi connectivity index (χ0) is 34.2. The summed E-state index contributed by atoms with van der Waals surface area (Å²) in [5.74, 6) is 2.47. The number of hydrogen-bond donors (Lipinski definition) is 2. The molecule has 8 unspecified atom stereocenters. The molecule has 0 amide bonds. The van der Waals surface area contributed by atoms with Gasteiger partial charge in [-0.3, -0.25) is 14.4 Å². The molecule has 0 heterocycles. The average molecular weight is 652 g/mol. The quantitative estimate of drug-likeness (QED) is 0.181. The highest BCUT2D eigenvalue weighted by molar-refractivity contribution is 6.00. The molecule has 8 atom stereocenters. The van der Waals surface area contributed by atoms with Crippen molar-refractivity contribution < 1.29 is 24.2 Å². The lowest BCUT2D eigenvalue weighted by Crippen LogP contribution is -2.63. The third-order valence-electron chi connectivity index (χ3n) is 15.6. The van der Waals surface area contributed by atoms with Crippen LogP contribution in [0.5, 0.6) is 0 Å². The third-order valence-corrected chi connectivity index (χ3v) is 15.6. The van der Waals surface area contributed by atoms with E-state index in [1.165, 1.54) is 50.5 Å². The zero-order valence-electron chi connectivity index (χ0n) is 30.9. The highest BCUT2D eigenvalue weighted by Gasteiger charge is 2.66. The molecule has 0 bridgehead atoms. The van der Waals surface area contributed by atoms with E-state index in [4.69, 9.17) is 4.74 Å². The van der Waals surface area contributed by atoms with Crippen molar-refractivity contribution in [1.29, 1.82) is 0 Å². The van der Waals surface area contributed by atoms with Crippen LogP contribution in [0.1, 0.15) is 145 Å². The number of esters is 1. The molecule has 6 aliphatic carbocycles. The fourth-order valence-corrected chi connectivity index (χ4v) is 12.9. The van der Waals surface area contributed by atoms with Gasteiger partial charge in [0, 0.05) is 17.3 Å². The number of carboxylic acid groups (broad SMARTS) is 1. The summed E-state index contributed by atoms with van der Waals surface area (Å²) in [5, 5.41) is 13.4. The van der Waals surface area contributed by atoms with E-state index >= 15 is 0 Å². The number of fused-ring (bicyclic) bond motifs is 7. The molecule has 0 aliphatic heterocycles. The Balaban J connectivity index is 1.21. The number of Topliss-reactive ketones (excluding diaryl/α,β-unsaturated/α-hetero) is 1. The molecule has 6 rings (SSSR count). The van der Waals surface area contributed by atoms with Crippen molar-refractivity contribution in [2.45, 2.75) is 151 Å². The maximum Gasteiger partial charge on any atom is 0.309 e. The number of carbonyl (C=O) groups is 3. The van der Waals surface area contributed by atoms with Gasteiger partial charge in [0.05, 0.1) is 11.8 Å². The number of hydrogen-bond acceptors (Lipinski definition) is 5. The molecule has 0 spiro atoms. The van der Waals surface area contributed by atoms with Crippen LogP contribution in [0.25, 0.3) is 0 Å². The van der Waals surface area contributed by atoms with E-state index < -0.39 is 11.4 Å². The fraction of sp³-hybridized carbons (Fsp3) is 0.878. The summed E-state index contributed by atoms with van der Waals surface area (Å²) in [5.41, 5.74) is 1.98. The minimum absolute atomic E-state index is 0.0634. The first-order valence-corrected chi connectivity index (χ1v) is 19.4. The molecule has 6 heteroatoms. The van der Waals surface area contributed by atoms with E-state index in [-0.39, 0.29) is 40.2 Å². The van der Waals surface area contributed by atoms with Crippen molar-refractivity contribution in [3.8, 4) is 0 Å². The minimum Gasteiger partial charge on any atom is -0.481 e. The summed E-state index contributed by atoms with van der Waals surface area (Å²) in [4.78, 5) is 38.5. The van der Waals surface area contributed by atoms with Gasteiger partial charge >= 0.3 is 11.9 Å². The van der Waals surface area contributed by atoms with E-state index in [1.807, 2.05) is 0 Å². The second-order valence-corrected chi connectivity index (χ2v) is 19.3. The van der Waals surface area contributed by atoms with Crippen LogP contribution in [0, 0.1) is 62.6 Å². The monoisotopic (exact) mass is 651 g/mol. The fourth-order valence-electron chi connectivity index (χ4n) is 12.9. The number of allylic oxidation sites excluding steroid dienone is 2. The topological polar surface area (TPSA) is 92.7 Å². The second kappa shape index (κ2) is 12.3. The van der Waals surface area contributed by atoms with E-state index in [0.717, 1.165) is 57.5 Å². The van der Waals surface area contributed by atoms with Crippen molar-refractivity contribution in [1.82, 2.24) is 5.32 Å². The molecule has 0 radical (unpaired) electrons. The van der Waals surface area contributed by atoms with E-state index in [9.17, 15) is 19.5 Å². The van der Waals surface area contributed by atoms with Crippen molar-refractivity contribution >= 4 is 17.7 Å². The molecule has 5 saturated carbocycles. The van der Waals surface area contributed by atoms with Crippen LogP contribution in [0.15, 0.2) is 11.1 Å². The number of rotatable bonds is 10. The maximum absolute atomic E-state index is 13.8. The van der Waals surface area contributed by atoms with Gasteiger partial charge in [-0.05, 0) is 149 Å². The van der Waals surface area contributed by atoms with Crippen LogP contribution in [-0.4, -0.2) is 42.0 Å². The largest absolute Gasteiger partial charge is 0.481 e. The number of nitrogens with one attached hydrogen (secondary N) is 1. The number of carboxylic acids is 1. The van der Waals surface area contributed by atoms with Crippen molar-refractivity contribution in [3.05, 3.63) is 11.1 Å². The van der Waals surface area contributed by atoms with E-state index in [0.29, 0.717) is 35.4 Å². The summed E-state index contributed by atoms with van der Waals surface area (Å²) in [7, 11) is 0. The van der Waals surface area contributed by atoms with Crippen LogP contribution < -0.4 is 5.32 Å². The Bertz CT molecular complexity index is 1290. The van der Waals surface area contributed by atoms with E-state index in [1.54, 1.807) is 19.4 Å². The molecule has 6 aliphatic rings. The maximum atomic E-state index is 13.8. The Kier molecular flexibility index (Phi) is 9.17. The summed E-state index contributed by atoms with van der Waals surface area (Å²) >= 11 is 0. The first kappa shape index (κ1) is 35.1. The average Bonchev–Trinajstić information content (AvgIpc) is 3.25. The molecule has 5 fully saturated rings. The van der Waals surface area contributed by atoms with Gasteiger partial charge in [0.25, 0.3) is 0 Å². The van der Waals surface area contributed by atoms with Crippen LogP contribution in [-0.2, 0) is 19.1 Å². The molecule has 47 heavy (non-hydrogen) atoms. The van der Waals surface area contributed by atoms with Gasteiger partial charge in [-0.25, -0.2) is 0 Å². The Morgan fingerprint density at radius 2 is 1.64 bits per heavy atom. The van der Waals surface area contributed by atoms with Crippen molar-refractivity contribution in [3.63, 3.8) is 0 Å². The predicted octanol–water partition coefficient (Wildman–Crippen LogP) is 8.77. The molecule has 0 aromatic carbocycles. The molecule has 264 valence electrons. The standard InChI is InChI=1S/C41H65NO5/c1-25(2)34-29(43)22-41(20-21-42-24-26-10-9-11-26)19-14-28-27(35(34)41)12-13-31-39(28,7)17-15-30-38(5,6)32(16-18-40(30,31)8)47-33(44)23-37(3,4)36(45)46/h25-28,30-32,42H,9-24H2,1-8H3,(H,45,46). The lowest BCUT2D eigenvalue weighted by Gasteiger charge is -2.69. The lowest BCUT2D eigenvalue weighted by molar-refractivity contribution is -0.213. The molecule has 0 saturated heterocycles. The predicted molar refractivity (Wildman–Crippen MR) is 186 cm³/mol. The first-order chi connectivity index (χ1) is 22.0. The van der Waals surface area contributed by atoms with Crippen LogP contribution >= 0.6 is 0 Å². The third kappa shape index (κ3) is 5.76. The highest BCUT2D eigenvalue weighted by atomic mass is 16.5. The summed E-state index contributed by atoms with van der Waals surface area (Å²) in [6.45, 7) is 19.7. The molecular weight excluding hydrogens is 586 g/mol. The SMILES string of the molecule is CC(C)C1=C2C3CCC4C(C)(CCC5C(C)(C)C(OC(=O)CC(C)(C)C(=O)O)CCC54C)C3CCC2(CCNCC2CCC2)CC1=O. The van der Waals surface area contributed by atoms with Crippen LogP contribution in [0.2, 0.25) is 0 Å². The highest BCUT2D eigenvalue weighted by Crippen LogP contribution is 2.73. The molecule has 0 aromatic heterocycles. The lowest BCUT2D eigenvalue weighted by atomic mass is 9.36. The number of aliphatic carboxylic acids is 1. The summed E-state index contributed by atoms with van der Waals surface area (Å²) in [6, 6.07) is 0. The number of carbonyl (C=O) groups excluding carboxylic acids is 2. The second-order valence-electron chi connectivity index (χ2n) is 19.3. The van der Waals surface area contributed by atoms with Gasteiger partial charge in [0.15, 0.2) is 5.78 Å². The van der Waals surface area contributed by atoms with Crippen molar-refractivity contribution in [2.75, 3.05) is 13.1 Å². The smallest absolute Gasteiger partial charge is 0.309 e. The molecular formula is C41H65NO5. The van der Waals surface area contributed by atoms with Gasteiger partial charge in [-0.1, -0.05) is 53.5 Å². The van der Waals surface area contributed by atoms with Crippen LogP contribution in [0.3, 0.4) is 0 Å². The number of ketones is 1. The molecule has 2 N–H and O–H groups in total. The van der Waals surface area contributed by atoms with Gasteiger partial charge in [0.2, 0.25) is 0 Å². The molecule has 6 nitrogen and oxygen atoms in total. The summed E-state index contributed by atoms with van der Waals surface area (Å²) < 4.78 is 6.15. The Labute approximate surface area is 285 Å². The van der Waals surface area contributed by atoms with Gasteiger partial charge in [-0.15, -0.1) is 0 Å². The first-order valence-electron chi connectivity index (χ1n) is 19.4. The minimum atomic E-state index is -1.13. The normalized spacial score (nSPS) is 39.9. The van der Waals surface area contributed by atoms with Crippen LogP contribution in [0.4, 0.5) is 0 Å².